The van der Waals surface area contributed by atoms with Gasteiger partial charge >= 0.3 is 0 Å². The van der Waals surface area contributed by atoms with Gasteiger partial charge in [-0.05, 0) is 38.3 Å². The molecule has 0 saturated carbocycles. The molecule has 0 bridgehead atoms. The van der Waals surface area contributed by atoms with Crippen LogP contribution in [0, 0.1) is 6.92 Å². The molecule has 2 N–H and O–H groups in total. The molecule has 2 aliphatic heterocycles. The number of hydrogen-bond acceptors (Lipinski definition) is 4. The maximum Gasteiger partial charge on any atom is 0.251 e. The van der Waals surface area contributed by atoms with Crippen molar-refractivity contribution < 1.29 is 14.3 Å². The van der Waals surface area contributed by atoms with E-state index in [1.54, 1.807) is 0 Å². The number of amides is 2. The summed E-state index contributed by atoms with van der Waals surface area (Å²) in [5.41, 5.74) is 1.70. The van der Waals surface area contributed by atoms with Crippen molar-refractivity contribution >= 4 is 24.2 Å². The van der Waals surface area contributed by atoms with Crippen LogP contribution in [-0.4, -0.2) is 61.1 Å². The van der Waals surface area contributed by atoms with E-state index in [4.69, 9.17) is 4.74 Å². The smallest absolute Gasteiger partial charge is 0.251 e. The number of hydrogen-bond donors (Lipinski definition) is 2. The number of carbonyl (C=O) groups is 2. The van der Waals surface area contributed by atoms with Crippen LogP contribution in [-0.2, 0) is 9.53 Å². The summed E-state index contributed by atoms with van der Waals surface area (Å²) in [4.78, 5) is 27.0. The molecule has 2 amide bonds. The zero-order valence-corrected chi connectivity index (χ0v) is 16.2. The molecule has 0 aromatic heterocycles. The summed E-state index contributed by atoms with van der Waals surface area (Å²) in [5.74, 6) is 0.0785. The van der Waals surface area contributed by atoms with Crippen molar-refractivity contribution in [3.63, 3.8) is 0 Å². The van der Waals surface area contributed by atoms with E-state index in [0.717, 1.165) is 24.0 Å². The SMILES string of the molecule is Cc1ccccc1C(=O)NC1CCN(C(=O)[C@H]2NCCO[C@@H]2C)CC1.Cl. The Morgan fingerprint density at radius 1 is 1.23 bits per heavy atom. The van der Waals surface area contributed by atoms with Gasteiger partial charge in [-0.1, -0.05) is 18.2 Å². The lowest BCUT2D eigenvalue weighted by Crippen LogP contribution is -2.58. The quantitative estimate of drug-likeness (QED) is 0.832. The Hall–Kier alpha value is -1.63. The first-order valence-electron chi connectivity index (χ1n) is 9.06. The molecule has 6 nitrogen and oxygen atoms in total. The lowest BCUT2D eigenvalue weighted by molar-refractivity contribution is -0.140. The number of piperidine rings is 1. The second-order valence-electron chi connectivity index (χ2n) is 6.90. The van der Waals surface area contributed by atoms with Crippen molar-refractivity contribution in [2.24, 2.45) is 0 Å². The van der Waals surface area contributed by atoms with Crippen molar-refractivity contribution in [2.75, 3.05) is 26.2 Å². The van der Waals surface area contributed by atoms with Gasteiger partial charge in [-0.15, -0.1) is 12.4 Å². The van der Waals surface area contributed by atoms with E-state index >= 15 is 0 Å². The Morgan fingerprint density at radius 2 is 1.92 bits per heavy atom. The zero-order valence-electron chi connectivity index (χ0n) is 15.4. The van der Waals surface area contributed by atoms with Gasteiger partial charge in [0.25, 0.3) is 5.91 Å². The maximum atomic E-state index is 12.7. The van der Waals surface area contributed by atoms with E-state index in [1.807, 2.05) is 43.0 Å². The predicted molar refractivity (Wildman–Crippen MR) is 103 cm³/mol. The van der Waals surface area contributed by atoms with Gasteiger partial charge in [0.1, 0.15) is 6.04 Å². The van der Waals surface area contributed by atoms with Crippen LogP contribution in [0.25, 0.3) is 0 Å². The first-order valence-corrected chi connectivity index (χ1v) is 9.06. The lowest BCUT2D eigenvalue weighted by atomic mass is 10.0. The molecule has 3 rings (SSSR count). The summed E-state index contributed by atoms with van der Waals surface area (Å²) in [7, 11) is 0. The number of carbonyl (C=O) groups excluding carboxylic acids is 2. The predicted octanol–water partition coefficient (Wildman–Crippen LogP) is 1.51. The Balaban J connectivity index is 0.00000243. The second-order valence-corrected chi connectivity index (χ2v) is 6.90. The maximum absolute atomic E-state index is 12.7. The van der Waals surface area contributed by atoms with Crippen LogP contribution < -0.4 is 10.6 Å². The Morgan fingerprint density at radius 3 is 2.58 bits per heavy atom. The van der Waals surface area contributed by atoms with Crippen molar-refractivity contribution in [2.45, 2.75) is 44.9 Å². The summed E-state index contributed by atoms with van der Waals surface area (Å²) in [5, 5.41) is 6.36. The third-order valence-corrected chi connectivity index (χ3v) is 5.11. The second kappa shape index (κ2) is 9.35. The minimum absolute atomic E-state index is 0. The largest absolute Gasteiger partial charge is 0.375 e. The number of nitrogens with one attached hydrogen (secondary N) is 2. The minimum Gasteiger partial charge on any atom is -0.375 e. The summed E-state index contributed by atoms with van der Waals surface area (Å²) in [6, 6.07) is 7.45. The number of benzene rings is 1. The molecule has 2 saturated heterocycles. The van der Waals surface area contributed by atoms with E-state index in [0.29, 0.717) is 26.2 Å². The monoisotopic (exact) mass is 381 g/mol. The van der Waals surface area contributed by atoms with Crippen LogP contribution in [0.2, 0.25) is 0 Å². The third-order valence-electron chi connectivity index (χ3n) is 5.11. The van der Waals surface area contributed by atoms with E-state index in [-0.39, 0.29) is 42.4 Å². The van der Waals surface area contributed by atoms with Crippen LogP contribution in [0.4, 0.5) is 0 Å². The van der Waals surface area contributed by atoms with E-state index < -0.39 is 0 Å². The highest BCUT2D eigenvalue weighted by atomic mass is 35.5. The van der Waals surface area contributed by atoms with Crippen LogP contribution in [0.15, 0.2) is 24.3 Å². The highest BCUT2D eigenvalue weighted by Gasteiger charge is 2.33. The molecule has 0 unspecified atom stereocenters. The number of morpholine rings is 1. The first kappa shape index (κ1) is 20.7. The molecule has 144 valence electrons. The molecule has 7 heteroatoms. The molecule has 2 heterocycles. The fourth-order valence-electron chi connectivity index (χ4n) is 3.54. The van der Waals surface area contributed by atoms with E-state index in [9.17, 15) is 9.59 Å². The van der Waals surface area contributed by atoms with E-state index in [2.05, 4.69) is 10.6 Å². The zero-order chi connectivity index (χ0) is 17.8. The van der Waals surface area contributed by atoms with Gasteiger partial charge < -0.3 is 20.3 Å². The number of nitrogens with zero attached hydrogens (tertiary/aromatic N) is 1. The fraction of sp³-hybridized carbons (Fsp3) is 0.579. The molecular weight excluding hydrogens is 354 g/mol. The Bertz CT molecular complexity index is 632. The molecule has 2 atom stereocenters. The number of aryl methyl sites for hydroxylation is 1. The topological polar surface area (TPSA) is 70.7 Å². The van der Waals surface area contributed by atoms with Gasteiger partial charge in [-0.2, -0.15) is 0 Å². The Labute approximate surface area is 161 Å². The van der Waals surface area contributed by atoms with Gasteiger partial charge in [0.2, 0.25) is 5.91 Å². The van der Waals surface area contributed by atoms with Crippen molar-refractivity contribution in [1.82, 2.24) is 15.5 Å². The molecule has 0 spiro atoms. The molecule has 2 fully saturated rings. The number of ether oxygens (including phenoxy) is 1. The van der Waals surface area contributed by atoms with Gasteiger partial charge in [-0.25, -0.2) is 0 Å². The van der Waals surface area contributed by atoms with Crippen molar-refractivity contribution in [1.29, 1.82) is 0 Å². The molecule has 1 aromatic rings. The highest BCUT2D eigenvalue weighted by Crippen LogP contribution is 2.16. The van der Waals surface area contributed by atoms with Gasteiger partial charge in [0.05, 0.1) is 12.7 Å². The lowest BCUT2D eigenvalue weighted by Gasteiger charge is -2.37. The molecule has 0 radical (unpaired) electrons. The first-order chi connectivity index (χ1) is 12.1. The van der Waals surface area contributed by atoms with Crippen molar-refractivity contribution in [3.05, 3.63) is 35.4 Å². The summed E-state index contributed by atoms with van der Waals surface area (Å²) in [6.45, 7) is 6.58. The average Bonchev–Trinajstić information content (AvgIpc) is 2.62. The van der Waals surface area contributed by atoms with Crippen LogP contribution in [0.1, 0.15) is 35.7 Å². The molecular formula is C19H28ClN3O3. The summed E-state index contributed by atoms with van der Waals surface area (Å²) >= 11 is 0. The van der Waals surface area contributed by atoms with E-state index in [1.165, 1.54) is 0 Å². The number of halogens is 1. The molecule has 26 heavy (non-hydrogen) atoms. The standard InChI is InChI=1S/C19H27N3O3.ClH/c1-13-5-3-4-6-16(13)18(23)21-15-7-10-22(11-8-15)19(24)17-14(2)25-12-9-20-17;/h3-6,14-15,17,20H,7-12H2,1-2H3,(H,21,23);1H/t14-,17+;/m1./s1. The molecule has 1 aromatic carbocycles. The fourth-order valence-corrected chi connectivity index (χ4v) is 3.54. The van der Waals surface area contributed by atoms with Crippen LogP contribution >= 0.6 is 12.4 Å². The highest BCUT2D eigenvalue weighted by molar-refractivity contribution is 5.95. The van der Waals surface area contributed by atoms with Gasteiger partial charge in [-0.3, -0.25) is 9.59 Å². The average molecular weight is 382 g/mol. The summed E-state index contributed by atoms with van der Waals surface area (Å²) in [6.07, 6.45) is 1.47. The number of likely N-dealkylation sites (tertiary alicyclic amines) is 1. The van der Waals surface area contributed by atoms with Gasteiger partial charge in [0, 0.05) is 31.2 Å². The number of rotatable bonds is 3. The van der Waals surface area contributed by atoms with Crippen LogP contribution in [0.5, 0.6) is 0 Å². The van der Waals surface area contributed by atoms with Crippen LogP contribution in [0.3, 0.4) is 0 Å². The minimum atomic E-state index is -0.258. The summed E-state index contributed by atoms with van der Waals surface area (Å²) < 4.78 is 5.57. The normalized spacial score (nSPS) is 23.8. The van der Waals surface area contributed by atoms with Crippen molar-refractivity contribution in [3.8, 4) is 0 Å². The molecule has 2 aliphatic rings. The third kappa shape index (κ3) is 4.75. The Kier molecular flexibility index (Phi) is 7.43. The molecule has 0 aliphatic carbocycles. The van der Waals surface area contributed by atoms with Gasteiger partial charge in [0.15, 0.2) is 0 Å².